The highest BCUT2D eigenvalue weighted by atomic mass is 16.6. The van der Waals surface area contributed by atoms with E-state index in [1.165, 1.54) is 0 Å². The molecule has 0 aromatic rings. The summed E-state index contributed by atoms with van der Waals surface area (Å²) in [7, 11) is 0. The standard InChI is InChI=1S/C17H30O10/c1-2-22-5-6-23-7-8-24-9-10-25-11-12-26-13-14-27-16(19)4-3-15(18)17(20)21/h2-14H2,1H3,(H,20,21). The van der Waals surface area contributed by atoms with Crippen molar-refractivity contribution in [1.29, 1.82) is 0 Å². The van der Waals surface area contributed by atoms with Gasteiger partial charge in [-0.15, -0.1) is 0 Å². The van der Waals surface area contributed by atoms with E-state index in [2.05, 4.69) is 0 Å². The molecule has 0 bridgehead atoms. The van der Waals surface area contributed by atoms with E-state index in [4.69, 9.17) is 33.5 Å². The topological polar surface area (TPSA) is 127 Å². The van der Waals surface area contributed by atoms with Gasteiger partial charge in [0.2, 0.25) is 5.78 Å². The summed E-state index contributed by atoms with van der Waals surface area (Å²) in [5.41, 5.74) is 0. The summed E-state index contributed by atoms with van der Waals surface area (Å²) in [6.07, 6.45) is -0.629. The van der Waals surface area contributed by atoms with E-state index >= 15 is 0 Å². The average Bonchev–Trinajstić information content (AvgIpc) is 2.65. The van der Waals surface area contributed by atoms with E-state index in [1.54, 1.807) is 0 Å². The van der Waals surface area contributed by atoms with Crippen molar-refractivity contribution < 1.29 is 47.9 Å². The van der Waals surface area contributed by atoms with Crippen molar-refractivity contribution in [2.24, 2.45) is 0 Å². The molecule has 0 aliphatic rings. The van der Waals surface area contributed by atoms with Gasteiger partial charge in [-0.1, -0.05) is 0 Å². The molecule has 0 aromatic carbocycles. The van der Waals surface area contributed by atoms with Gasteiger partial charge in [0.1, 0.15) is 6.61 Å². The van der Waals surface area contributed by atoms with Gasteiger partial charge in [-0.2, -0.15) is 0 Å². The maximum absolute atomic E-state index is 11.2. The molecule has 0 aromatic heterocycles. The van der Waals surface area contributed by atoms with Gasteiger partial charge in [0.15, 0.2) is 0 Å². The number of ketones is 1. The largest absolute Gasteiger partial charge is 0.476 e. The first kappa shape index (κ1) is 25.4. The number of carboxylic acid groups (broad SMARTS) is 1. The third kappa shape index (κ3) is 19.0. The molecule has 0 amide bonds. The minimum Gasteiger partial charge on any atom is -0.476 e. The van der Waals surface area contributed by atoms with Crippen molar-refractivity contribution in [2.75, 3.05) is 72.7 Å². The summed E-state index contributed by atoms with van der Waals surface area (Å²) in [4.78, 5) is 32.3. The molecule has 0 saturated carbocycles. The van der Waals surface area contributed by atoms with Crippen LogP contribution in [0.3, 0.4) is 0 Å². The van der Waals surface area contributed by atoms with E-state index in [0.29, 0.717) is 59.5 Å². The van der Waals surface area contributed by atoms with E-state index in [9.17, 15) is 14.4 Å². The number of rotatable bonds is 20. The van der Waals surface area contributed by atoms with E-state index in [1.807, 2.05) is 6.92 Å². The quantitative estimate of drug-likeness (QED) is 0.172. The average molecular weight is 394 g/mol. The molecule has 0 heterocycles. The number of hydrogen-bond acceptors (Lipinski definition) is 9. The van der Waals surface area contributed by atoms with E-state index in [-0.39, 0.29) is 26.1 Å². The zero-order valence-corrected chi connectivity index (χ0v) is 15.8. The molecular weight excluding hydrogens is 364 g/mol. The SMILES string of the molecule is CCOCCOCCOCCOCCOCCOC(=O)CCC(=O)C(=O)O. The van der Waals surface area contributed by atoms with Crippen LogP contribution in [0.1, 0.15) is 19.8 Å². The molecule has 10 heteroatoms. The van der Waals surface area contributed by atoms with Crippen LogP contribution in [0.5, 0.6) is 0 Å². The molecule has 0 spiro atoms. The fourth-order valence-corrected chi connectivity index (χ4v) is 1.63. The third-order valence-electron chi connectivity index (χ3n) is 2.98. The zero-order chi connectivity index (χ0) is 20.2. The van der Waals surface area contributed by atoms with Crippen LogP contribution in [-0.4, -0.2) is 95.5 Å². The predicted octanol–water partition coefficient (Wildman–Crippen LogP) is 0.0664. The lowest BCUT2D eigenvalue weighted by Crippen LogP contribution is -2.17. The summed E-state index contributed by atoms with van der Waals surface area (Å²) in [6, 6.07) is 0. The smallest absolute Gasteiger partial charge is 0.372 e. The Hall–Kier alpha value is -1.59. The van der Waals surface area contributed by atoms with Crippen LogP contribution in [0.4, 0.5) is 0 Å². The maximum Gasteiger partial charge on any atom is 0.372 e. The summed E-state index contributed by atoms with van der Waals surface area (Å²) in [6.45, 7) is 6.62. The van der Waals surface area contributed by atoms with Crippen molar-refractivity contribution in [3.8, 4) is 0 Å². The molecule has 0 aliphatic carbocycles. The minimum atomic E-state index is -1.55. The highest BCUT2D eigenvalue weighted by Gasteiger charge is 2.14. The Morgan fingerprint density at radius 2 is 1.04 bits per heavy atom. The lowest BCUT2D eigenvalue weighted by atomic mass is 10.2. The van der Waals surface area contributed by atoms with Crippen molar-refractivity contribution in [3.05, 3.63) is 0 Å². The minimum absolute atomic E-state index is 0.0342. The molecule has 0 radical (unpaired) electrons. The number of aliphatic carboxylic acids is 1. The second kappa shape index (κ2) is 19.2. The van der Waals surface area contributed by atoms with Gasteiger partial charge in [-0.25, -0.2) is 4.79 Å². The van der Waals surface area contributed by atoms with Gasteiger partial charge in [0.25, 0.3) is 0 Å². The summed E-state index contributed by atoms with van der Waals surface area (Å²) in [5.74, 6) is -3.20. The Kier molecular flexibility index (Phi) is 18.0. The van der Waals surface area contributed by atoms with Gasteiger partial charge in [-0.05, 0) is 6.92 Å². The van der Waals surface area contributed by atoms with Gasteiger partial charge in [0, 0.05) is 13.0 Å². The molecule has 10 nitrogen and oxygen atoms in total. The molecule has 0 unspecified atom stereocenters. The Bertz CT molecular complexity index is 399. The van der Waals surface area contributed by atoms with Gasteiger partial charge < -0.3 is 33.5 Å². The summed E-state index contributed by atoms with van der Waals surface area (Å²) >= 11 is 0. The number of esters is 1. The highest BCUT2D eigenvalue weighted by molar-refractivity contribution is 6.32. The van der Waals surface area contributed by atoms with Crippen molar-refractivity contribution in [1.82, 2.24) is 0 Å². The Balaban J connectivity index is 3.19. The number of hydrogen-bond donors (Lipinski definition) is 1. The highest BCUT2D eigenvalue weighted by Crippen LogP contribution is 1.95. The van der Waals surface area contributed by atoms with Gasteiger partial charge in [-0.3, -0.25) is 9.59 Å². The monoisotopic (exact) mass is 394 g/mol. The van der Waals surface area contributed by atoms with Crippen molar-refractivity contribution >= 4 is 17.7 Å². The van der Waals surface area contributed by atoms with Crippen LogP contribution in [0.25, 0.3) is 0 Å². The summed E-state index contributed by atoms with van der Waals surface area (Å²) in [5, 5.41) is 8.37. The molecule has 0 saturated heterocycles. The van der Waals surface area contributed by atoms with Gasteiger partial charge in [0.05, 0.1) is 65.9 Å². The Labute approximate surface area is 159 Å². The fraction of sp³-hybridized carbons (Fsp3) is 0.824. The lowest BCUT2D eigenvalue weighted by molar-refractivity contribution is -0.151. The van der Waals surface area contributed by atoms with Crippen LogP contribution in [0, 0.1) is 0 Å². The molecular formula is C17H30O10. The Morgan fingerprint density at radius 1 is 0.630 bits per heavy atom. The second-order valence-corrected chi connectivity index (χ2v) is 5.10. The Morgan fingerprint density at radius 3 is 1.44 bits per heavy atom. The number of ether oxygens (including phenoxy) is 6. The van der Waals surface area contributed by atoms with Crippen molar-refractivity contribution in [2.45, 2.75) is 19.8 Å². The molecule has 158 valence electrons. The zero-order valence-electron chi connectivity index (χ0n) is 15.8. The summed E-state index contributed by atoms with van der Waals surface area (Å²) < 4.78 is 31.0. The van der Waals surface area contributed by atoms with Crippen LogP contribution < -0.4 is 0 Å². The molecule has 0 aliphatic heterocycles. The molecule has 27 heavy (non-hydrogen) atoms. The van der Waals surface area contributed by atoms with Crippen LogP contribution >= 0.6 is 0 Å². The molecule has 0 rings (SSSR count). The first-order valence-corrected chi connectivity index (χ1v) is 8.88. The fourth-order valence-electron chi connectivity index (χ4n) is 1.63. The van der Waals surface area contributed by atoms with Crippen LogP contribution in [-0.2, 0) is 42.8 Å². The lowest BCUT2D eigenvalue weighted by Gasteiger charge is -2.08. The maximum atomic E-state index is 11.2. The number of Topliss-reactive ketones (excluding diaryl/α,β-unsaturated/α-hetero) is 1. The van der Waals surface area contributed by atoms with E-state index in [0.717, 1.165) is 0 Å². The number of carbonyl (C=O) groups is 3. The van der Waals surface area contributed by atoms with E-state index < -0.39 is 17.7 Å². The number of carboxylic acids is 1. The van der Waals surface area contributed by atoms with Gasteiger partial charge >= 0.3 is 11.9 Å². The molecule has 0 atom stereocenters. The number of carbonyl (C=O) groups excluding carboxylic acids is 2. The molecule has 1 N–H and O–H groups in total. The first-order chi connectivity index (χ1) is 13.1. The van der Waals surface area contributed by atoms with Crippen LogP contribution in [0.2, 0.25) is 0 Å². The normalized spacial score (nSPS) is 10.7. The van der Waals surface area contributed by atoms with Crippen molar-refractivity contribution in [3.63, 3.8) is 0 Å². The first-order valence-electron chi connectivity index (χ1n) is 8.88. The van der Waals surface area contributed by atoms with Crippen LogP contribution in [0.15, 0.2) is 0 Å². The molecule has 0 fully saturated rings. The second-order valence-electron chi connectivity index (χ2n) is 5.10. The third-order valence-corrected chi connectivity index (χ3v) is 2.98. The predicted molar refractivity (Wildman–Crippen MR) is 92.6 cm³/mol.